The van der Waals surface area contributed by atoms with E-state index in [4.69, 9.17) is 10.5 Å². The number of hydrogen-bond acceptors (Lipinski definition) is 3. The molecule has 0 saturated heterocycles. The van der Waals surface area contributed by atoms with E-state index >= 15 is 0 Å². The molecule has 2 rings (SSSR count). The van der Waals surface area contributed by atoms with E-state index in [2.05, 4.69) is 21.2 Å². The fraction of sp³-hybridized carbons (Fsp3) is 0.571. The molecule has 0 amide bonds. The Kier molecular flexibility index (Phi) is 5.32. The van der Waals surface area contributed by atoms with E-state index in [0.29, 0.717) is 6.10 Å². The van der Waals surface area contributed by atoms with Gasteiger partial charge in [0.25, 0.3) is 0 Å². The third-order valence-electron chi connectivity index (χ3n) is 3.34. The Labute approximate surface area is 117 Å². The average Bonchev–Trinajstić information content (AvgIpc) is 2.38. The van der Waals surface area contributed by atoms with Crippen LogP contribution in [0.2, 0.25) is 0 Å². The highest BCUT2D eigenvalue weighted by Gasteiger charge is 2.12. The first kappa shape index (κ1) is 13.7. The van der Waals surface area contributed by atoms with Crippen LogP contribution in [-0.2, 0) is 4.74 Å². The van der Waals surface area contributed by atoms with Gasteiger partial charge in [0.05, 0.1) is 24.1 Å². The van der Waals surface area contributed by atoms with Gasteiger partial charge in [-0.05, 0) is 31.0 Å². The number of hydrogen-bond donors (Lipinski definition) is 2. The average molecular weight is 313 g/mol. The summed E-state index contributed by atoms with van der Waals surface area (Å²) >= 11 is 3.40. The molecule has 3 N–H and O–H groups in total. The molecule has 0 spiro atoms. The monoisotopic (exact) mass is 312 g/mol. The summed E-state index contributed by atoms with van der Waals surface area (Å²) in [5, 5.41) is 3.31. The Morgan fingerprint density at radius 3 is 2.78 bits per heavy atom. The molecular formula is C14H21BrN2O. The number of anilines is 2. The molecule has 1 aliphatic carbocycles. The highest BCUT2D eigenvalue weighted by molar-refractivity contribution is 9.10. The lowest BCUT2D eigenvalue weighted by molar-refractivity contribution is 0.0347. The fourth-order valence-corrected chi connectivity index (χ4v) is 2.72. The van der Waals surface area contributed by atoms with Crippen molar-refractivity contribution in [1.29, 1.82) is 0 Å². The zero-order valence-corrected chi connectivity index (χ0v) is 12.2. The summed E-state index contributed by atoms with van der Waals surface area (Å²) < 4.78 is 6.86. The molecule has 0 unspecified atom stereocenters. The van der Waals surface area contributed by atoms with Crippen LogP contribution in [0.25, 0.3) is 0 Å². The van der Waals surface area contributed by atoms with Gasteiger partial charge in [-0.3, -0.25) is 0 Å². The third kappa shape index (κ3) is 4.18. The van der Waals surface area contributed by atoms with Gasteiger partial charge < -0.3 is 15.8 Å². The third-order valence-corrected chi connectivity index (χ3v) is 3.83. The van der Waals surface area contributed by atoms with Crippen molar-refractivity contribution in [3.8, 4) is 0 Å². The van der Waals surface area contributed by atoms with E-state index in [1.165, 1.54) is 32.1 Å². The Morgan fingerprint density at radius 1 is 1.28 bits per heavy atom. The van der Waals surface area contributed by atoms with Gasteiger partial charge >= 0.3 is 0 Å². The SMILES string of the molecule is Nc1cc(Br)ccc1NCCOC1CCCCC1. The van der Waals surface area contributed by atoms with E-state index in [1.807, 2.05) is 18.2 Å². The summed E-state index contributed by atoms with van der Waals surface area (Å²) in [6.07, 6.45) is 6.92. The van der Waals surface area contributed by atoms with Crippen molar-refractivity contribution in [2.24, 2.45) is 0 Å². The molecule has 18 heavy (non-hydrogen) atoms. The van der Waals surface area contributed by atoms with Crippen molar-refractivity contribution in [2.75, 3.05) is 24.2 Å². The summed E-state index contributed by atoms with van der Waals surface area (Å²) in [5.74, 6) is 0. The highest BCUT2D eigenvalue weighted by Crippen LogP contribution is 2.23. The molecule has 0 atom stereocenters. The van der Waals surface area contributed by atoms with Gasteiger partial charge in [0, 0.05) is 11.0 Å². The molecule has 0 bridgehead atoms. The Bertz CT molecular complexity index is 378. The van der Waals surface area contributed by atoms with Gasteiger partial charge in [-0.25, -0.2) is 0 Å². The molecule has 0 aliphatic heterocycles. The normalized spacial score (nSPS) is 16.7. The van der Waals surface area contributed by atoms with Crippen LogP contribution in [0.4, 0.5) is 11.4 Å². The van der Waals surface area contributed by atoms with Crippen LogP contribution in [-0.4, -0.2) is 19.3 Å². The zero-order chi connectivity index (χ0) is 12.8. The van der Waals surface area contributed by atoms with Crippen LogP contribution in [0, 0.1) is 0 Å². The Balaban J connectivity index is 1.68. The topological polar surface area (TPSA) is 47.3 Å². The maximum Gasteiger partial charge on any atom is 0.0642 e. The molecule has 100 valence electrons. The van der Waals surface area contributed by atoms with Crippen molar-refractivity contribution >= 4 is 27.3 Å². The van der Waals surface area contributed by atoms with E-state index in [1.54, 1.807) is 0 Å². The van der Waals surface area contributed by atoms with Crippen molar-refractivity contribution in [2.45, 2.75) is 38.2 Å². The number of benzene rings is 1. The smallest absolute Gasteiger partial charge is 0.0642 e. The second-order valence-corrected chi connectivity index (χ2v) is 5.70. The van der Waals surface area contributed by atoms with Crippen LogP contribution >= 0.6 is 15.9 Å². The van der Waals surface area contributed by atoms with Crippen LogP contribution in [0.5, 0.6) is 0 Å². The summed E-state index contributed by atoms with van der Waals surface area (Å²) in [5.41, 5.74) is 7.66. The predicted octanol–water partition coefficient (Wildman–Crippen LogP) is 3.79. The summed E-state index contributed by atoms with van der Waals surface area (Å²) in [4.78, 5) is 0. The Hall–Kier alpha value is -0.740. The van der Waals surface area contributed by atoms with Crippen molar-refractivity contribution in [3.63, 3.8) is 0 Å². The summed E-state index contributed by atoms with van der Waals surface area (Å²) in [6.45, 7) is 1.56. The lowest BCUT2D eigenvalue weighted by Crippen LogP contribution is -2.20. The van der Waals surface area contributed by atoms with Gasteiger partial charge in [-0.15, -0.1) is 0 Å². The van der Waals surface area contributed by atoms with Crippen molar-refractivity contribution in [3.05, 3.63) is 22.7 Å². The number of ether oxygens (including phenoxy) is 1. The highest BCUT2D eigenvalue weighted by atomic mass is 79.9. The fourth-order valence-electron chi connectivity index (χ4n) is 2.34. The first-order chi connectivity index (χ1) is 8.75. The number of nitrogens with two attached hydrogens (primary N) is 1. The van der Waals surface area contributed by atoms with E-state index in [0.717, 1.165) is 29.0 Å². The molecule has 0 aromatic heterocycles. The zero-order valence-electron chi connectivity index (χ0n) is 10.6. The van der Waals surface area contributed by atoms with E-state index in [9.17, 15) is 0 Å². The molecule has 0 radical (unpaired) electrons. The number of halogens is 1. The number of rotatable bonds is 5. The van der Waals surface area contributed by atoms with Gasteiger partial charge in [0.1, 0.15) is 0 Å². The molecular weight excluding hydrogens is 292 g/mol. The molecule has 0 heterocycles. The van der Waals surface area contributed by atoms with Gasteiger partial charge in [0.2, 0.25) is 0 Å². The summed E-state index contributed by atoms with van der Waals surface area (Å²) in [7, 11) is 0. The maximum absolute atomic E-state index is 5.91. The van der Waals surface area contributed by atoms with E-state index in [-0.39, 0.29) is 0 Å². The predicted molar refractivity (Wildman–Crippen MR) is 79.9 cm³/mol. The second-order valence-electron chi connectivity index (χ2n) is 4.79. The van der Waals surface area contributed by atoms with Gasteiger partial charge in [0.15, 0.2) is 0 Å². The first-order valence-electron chi connectivity index (χ1n) is 6.66. The minimum Gasteiger partial charge on any atom is -0.397 e. The van der Waals surface area contributed by atoms with Gasteiger partial charge in [-0.1, -0.05) is 35.2 Å². The van der Waals surface area contributed by atoms with Crippen molar-refractivity contribution < 1.29 is 4.74 Å². The number of nitrogen functional groups attached to an aromatic ring is 1. The molecule has 1 fully saturated rings. The molecule has 1 saturated carbocycles. The largest absolute Gasteiger partial charge is 0.397 e. The van der Waals surface area contributed by atoms with Crippen LogP contribution in [0.3, 0.4) is 0 Å². The molecule has 1 aromatic rings. The number of nitrogens with one attached hydrogen (secondary N) is 1. The quantitative estimate of drug-likeness (QED) is 0.642. The molecule has 4 heteroatoms. The standard InChI is InChI=1S/C14H21BrN2O/c15-11-6-7-14(13(16)10-11)17-8-9-18-12-4-2-1-3-5-12/h6-7,10,12,17H,1-5,8-9,16H2. The van der Waals surface area contributed by atoms with Crippen molar-refractivity contribution in [1.82, 2.24) is 0 Å². The summed E-state index contributed by atoms with van der Waals surface area (Å²) in [6, 6.07) is 5.88. The molecule has 1 aliphatic rings. The minimum atomic E-state index is 0.475. The second kappa shape index (κ2) is 7.00. The lowest BCUT2D eigenvalue weighted by atomic mass is 9.98. The van der Waals surface area contributed by atoms with Gasteiger partial charge in [-0.2, -0.15) is 0 Å². The van der Waals surface area contributed by atoms with E-state index < -0.39 is 0 Å². The molecule has 3 nitrogen and oxygen atoms in total. The lowest BCUT2D eigenvalue weighted by Gasteiger charge is -2.22. The minimum absolute atomic E-state index is 0.475. The van der Waals surface area contributed by atoms with Crippen LogP contribution in [0.1, 0.15) is 32.1 Å². The van der Waals surface area contributed by atoms with Crippen LogP contribution < -0.4 is 11.1 Å². The maximum atomic E-state index is 5.91. The Morgan fingerprint density at radius 2 is 2.06 bits per heavy atom. The molecule has 1 aromatic carbocycles. The van der Waals surface area contributed by atoms with Crippen LogP contribution in [0.15, 0.2) is 22.7 Å². The first-order valence-corrected chi connectivity index (χ1v) is 7.45.